The van der Waals surface area contributed by atoms with Gasteiger partial charge in [-0.3, -0.25) is 4.79 Å². The van der Waals surface area contributed by atoms with Crippen LogP contribution < -0.4 is 5.32 Å². The van der Waals surface area contributed by atoms with Gasteiger partial charge in [0.25, 0.3) is 0 Å². The molecule has 1 amide bonds. The standard InChI is InChI=1S/C65H115NO8/c1-3-5-7-9-11-13-15-17-19-21-23-24-25-26-27-28-29-30-31-32-33-34-35-36-37-39-41-43-45-47-49-51-53-55-61(69)66-58(57-73-65-64(72)63(71)62(70)60(56-67)74-65)59(68)54-52-50-48-46-44-42-40-38-22-20-18-16-14-12-10-8-6-4-2/h5,7,11,13,17,19,23-24,26-27,29-30,32-33,58-60,62-65,67-68,70-72H,3-4,6,8-10,12,14-16,18,20-22,25,28,31,34-57H2,1-2H3,(H,66,69)/b7-5-,13-11-,19-17-,24-23-,27-26-,30-29-,33-32-. The van der Waals surface area contributed by atoms with Crippen molar-refractivity contribution in [1.82, 2.24) is 5.32 Å². The summed E-state index contributed by atoms with van der Waals surface area (Å²) in [5.74, 6) is -0.148. The molecule has 1 aliphatic heterocycles. The second-order valence-electron chi connectivity index (χ2n) is 21.1. The van der Waals surface area contributed by atoms with E-state index in [9.17, 15) is 30.3 Å². The smallest absolute Gasteiger partial charge is 0.220 e. The molecule has 0 radical (unpaired) electrons. The van der Waals surface area contributed by atoms with Crippen LogP contribution in [0, 0.1) is 0 Å². The number of aliphatic hydroxyl groups excluding tert-OH is 5. The number of carbonyl (C=O) groups is 1. The van der Waals surface area contributed by atoms with Crippen LogP contribution in [0.5, 0.6) is 0 Å². The molecule has 1 rings (SSSR count). The maximum atomic E-state index is 13.1. The molecule has 6 N–H and O–H groups in total. The second kappa shape index (κ2) is 53.8. The van der Waals surface area contributed by atoms with E-state index in [1.165, 1.54) is 148 Å². The van der Waals surface area contributed by atoms with E-state index in [-0.39, 0.29) is 12.5 Å². The molecule has 1 fully saturated rings. The molecule has 7 atom stereocenters. The van der Waals surface area contributed by atoms with Crippen molar-refractivity contribution in [3.8, 4) is 0 Å². The van der Waals surface area contributed by atoms with Crippen molar-refractivity contribution in [3.63, 3.8) is 0 Å². The lowest BCUT2D eigenvalue weighted by Crippen LogP contribution is -2.60. The Morgan fingerprint density at radius 3 is 1.24 bits per heavy atom. The largest absolute Gasteiger partial charge is 0.394 e. The van der Waals surface area contributed by atoms with Gasteiger partial charge in [-0.25, -0.2) is 0 Å². The van der Waals surface area contributed by atoms with Crippen molar-refractivity contribution in [2.24, 2.45) is 0 Å². The van der Waals surface area contributed by atoms with E-state index in [0.717, 1.165) is 89.9 Å². The molecule has 0 spiro atoms. The number of unbranched alkanes of at least 4 members (excludes halogenated alkanes) is 28. The van der Waals surface area contributed by atoms with Gasteiger partial charge in [0.15, 0.2) is 6.29 Å². The summed E-state index contributed by atoms with van der Waals surface area (Å²) in [6.45, 7) is 3.74. The van der Waals surface area contributed by atoms with E-state index >= 15 is 0 Å². The first kappa shape index (κ1) is 69.4. The second-order valence-corrected chi connectivity index (χ2v) is 21.1. The summed E-state index contributed by atoms with van der Waals surface area (Å²) >= 11 is 0. The molecular formula is C65H115NO8. The zero-order valence-corrected chi connectivity index (χ0v) is 47.6. The van der Waals surface area contributed by atoms with Gasteiger partial charge in [-0.05, 0) is 70.6 Å². The third-order valence-electron chi connectivity index (χ3n) is 14.3. The number of allylic oxidation sites excluding steroid dienone is 14. The zero-order chi connectivity index (χ0) is 53.6. The van der Waals surface area contributed by atoms with E-state index in [1.54, 1.807) is 0 Å². The third kappa shape index (κ3) is 42.5. The van der Waals surface area contributed by atoms with Crippen LogP contribution in [0.1, 0.15) is 264 Å². The van der Waals surface area contributed by atoms with Crippen LogP contribution in [0.3, 0.4) is 0 Å². The summed E-state index contributed by atoms with van der Waals surface area (Å²) in [7, 11) is 0. The van der Waals surface area contributed by atoms with Crippen LogP contribution in [0.2, 0.25) is 0 Å². The van der Waals surface area contributed by atoms with E-state index in [1.807, 2.05) is 0 Å². The van der Waals surface area contributed by atoms with Gasteiger partial charge in [0.1, 0.15) is 24.4 Å². The molecule has 0 aromatic heterocycles. The number of carbonyl (C=O) groups excluding carboxylic acids is 1. The topological polar surface area (TPSA) is 149 Å². The van der Waals surface area contributed by atoms with Crippen LogP contribution in [-0.2, 0) is 14.3 Å². The van der Waals surface area contributed by atoms with Gasteiger partial charge in [0.2, 0.25) is 5.91 Å². The van der Waals surface area contributed by atoms with Crippen molar-refractivity contribution in [2.75, 3.05) is 13.2 Å². The highest BCUT2D eigenvalue weighted by molar-refractivity contribution is 5.76. The normalized spacial score (nSPS) is 19.6. The minimum Gasteiger partial charge on any atom is -0.394 e. The highest BCUT2D eigenvalue weighted by Crippen LogP contribution is 2.23. The van der Waals surface area contributed by atoms with Gasteiger partial charge in [-0.15, -0.1) is 0 Å². The van der Waals surface area contributed by atoms with Crippen LogP contribution in [-0.4, -0.2) is 87.5 Å². The first-order valence-electron chi connectivity index (χ1n) is 30.8. The molecule has 74 heavy (non-hydrogen) atoms. The summed E-state index contributed by atoms with van der Waals surface area (Å²) < 4.78 is 11.3. The predicted octanol–water partition coefficient (Wildman–Crippen LogP) is 15.8. The Kier molecular flexibility index (Phi) is 50.4. The number of amides is 1. The molecule has 0 bridgehead atoms. The maximum Gasteiger partial charge on any atom is 0.220 e. The molecule has 0 aromatic carbocycles. The zero-order valence-electron chi connectivity index (χ0n) is 47.6. The Labute approximate surface area is 454 Å². The van der Waals surface area contributed by atoms with Crippen LogP contribution in [0.25, 0.3) is 0 Å². The highest BCUT2D eigenvalue weighted by atomic mass is 16.7. The predicted molar refractivity (Wildman–Crippen MR) is 313 cm³/mol. The first-order valence-corrected chi connectivity index (χ1v) is 30.8. The van der Waals surface area contributed by atoms with Crippen LogP contribution >= 0.6 is 0 Å². The molecule has 0 aromatic rings. The van der Waals surface area contributed by atoms with Crippen molar-refractivity contribution in [2.45, 2.75) is 307 Å². The highest BCUT2D eigenvalue weighted by Gasteiger charge is 2.44. The molecule has 9 heteroatoms. The van der Waals surface area contributed by atoms with E-state index in [2.05, 4.69) is 104 Å². The van der Waals surface area contributed by atoms with Gasteiger partial charge >= 0.3 is 0 Å². The Morgan fingerprint density at radius 1 is 0.473 bits per heavy atom. The van der Waals surface area contributed by atoms with Gasteiger partial charge in [-0.1, -0.05) is 272 Å². The number of hydrogen-bond donors (Lipinski definition) is 6. The van der Waals surface area contributed by atoms with Gasteiger partial charge in [0, 0.05) is 6.42 Å². The minimum atomic E-state index is -1.56. The van der Waals surface area contributed by atoms with E-state index in [0.29, 0.717) is 12.8 Å². The number of ether oxygens (including phenoxy) is 2. The average Bonchev–Trinajstić information content (AvgIpc) is 3.40. The summed E-state index contributed by atoms with van der Waals surface area (Å²) in [4.78, 5) is 13.1. The minimum absolute atomic E-state index is 0.141. The SMILES string of the molecule is CC/C=C\C/C=C\C/C=C\C/C=C\C/C=C\C/C=C\C/C=C\CCCCCCCCCCCCCC(=O)NC(COC1OC(CO)C(O)C(O)C1O)C(O)CCCCCCCCCCCCCCCCCCCC. The Balaban J connectivity index is 2.17. The van der Waals surface area contributed by atoms with Crippen molar-refractivity contribution in [3.05, 3.63) is 85.1 Å². The van der Waals surface area contributed by atoms with Gasteiger partial charge in [-0.2, -0.15) is 0 Å². The molecule has 9 nitrogen and oxygen atoms in total. The molecule has 1 saturated heterocycles. The Morgan fingerprint density at radius 2 is 0.838 bits per heavy atom. The van der Waals surface area contributed by atoms with Gasteiger partial charge < -0.3 is 40.3 Å². The summed E-state index contributed by atoms with van der Waals surface area (Å²) in [6.07, 6.45) is 69.0. The fourth-order valence-electron chi connectivity index (χ4n) is 9.44. The molecule has 428 valence electrons. The van der Waals surface area contributed by atoms with Gasteiger partial charge in [0.05, 0.1) is 25.4 Å². The molecule has 1 heterocycles. The number of hydrogen-bond acceptors (Lipinski definition) is 8. The maximum absolute atomic E-state index is 13.1. The average molecular weight is 1040 g/mol. The molecular weight excluding hydrogens is 923 g/mol. The molecule has 7 unspecified atom stereocenters. The molecule has 0 saturated carbocycles. The van der Waals surface area contributed by atoms with E-state index in [4.69, 9.17) is 9.47 Å². The third-order valence-corrected chi connectivity index (χ3v) is 14.3. The number of rotatable bonds is 52. The van der Waals surface area contributed by atoms with E-state index < -0.39 is 49.5 Å². The lowest BCUT2D eigenvalue weighted by Gasteiger charge is -2.40. The van der Waals surface area contributed by atoms with Crippen molar-refractivity contribution < 1.29 is 39.8 Å². The molecule has 0 aliphatic carbocycles. The Hall–Kier alpha value is -2.63. The lowest BCUT2D eigenvalue weighted by atomic mass is 9.99. The molecule has 1 aliphatic rings. The lowest BCUT2D eigenvalue weighted by molar-refractivity contribution is -0.302. The summed E-state index contributed by atoms with van der Waals surface area (Å²) in [5, 5.41) is 54.7. The van der Waals surface area contributed by atoms with Crippen LogP contribution in [0.15, 0.2) is 85.1 Å². The number of aliphatic hydroxyl groups is 5. The monoisotopic (exact) mass is 1040 g/mol. The first-order chi connectivity index (χ1) is 36.3. The van der Waals surface area contributed by atoms with Crippen molar-refractivity contribution >= 4 is 5.91 Å². The number of nitrogens with one attached hydrogen (secondary N) is 1. The van der Waals surface area contributed by atoms with Crippen LogP contribution in [0.4, 0.5) is 0 Å². The quantitative estimate of drug-likeness (QED) is 0.0261. The van der Waals surface area contributed by atoms with Crippen molar-refractivity contribution in [1.29, 1.82) is 0 Å². The Bertz CT molecular complexity index is 1440. The fourth-order valence-corrected chi connectivity index (χ4v) is 9.44. The summed E-state index contributed by atoms with van der Waals surface area (Å²) in [5.41, 5.74) is 0. The fraction of sp³-hybridized carbons (Fsp3) is 0.769. The summed E-state index contributed by atoms with van der Waals surface area (Å²) in [6, 6.07) is -0.726.